The minimum atomic E-state index is -0.0437. The van der Waals surface area contributed by atoms with Gasteiger partial charge in [0, 0.05) is 29.1 Å². The Balaban J connectivity index is 2.51. The summed E-state index contributed by atoms with van der Waals surface area (Å²) in [5.74, 6) is 0.723. The van der Waals surface area contributed by atoms with Gasteiger partial charge >= 0.3 is 0 Å². The van der Waals surface area contributed by atoms with E-state index in [-0.39, 0.29) is 5.56 Å². The summed E-state index contributed by atoms with van der Waals surface area (Å²) in [4.78, 5) is 12.6. The smallest absolute Gasteiger partial charge is 0.258 e. The summed E-state index contributed by atoms with van der Waals surface area (Å²) in [6.07, 6.45) is 0.295. The summed E-state index contributed by atoms with van der Waals surface area (Å²) in [5.41, 5.74) is 2.80. The Hall–Kier alpha value is -2.49. The highest BCUT2D eigenvalue weighted by atomic mass is 16.5. The summed E-state index contributed by atoms with van der Waals surface area (Å²) in [5, 5.41) is 1.54. The number of hydrogen-bond acceptors (Lipinski definition) is 2. The molecule has 0 fully saturated rings. The SMILES string of the molecule is [B]Cc1c(-c2ccccc2)c2cc(OC)ccc2c(=O)n1C. The molecular formula is C18H16BNO2. The van der Waals surface area contributed by atoms with Crippen molar-refractivity contribution in [3.8, 4) is 16.9 Å². The number of hydrogen-bond donors (Lipinski definition) is 0. The first-order valence-electron chi connectivity index (χ1n) is 7.12. The van der Waals surface area contributed by atoms with Gasteiger partial charge in [-0.1, -0.05) is 30.3 Å². The van der Waals surface area contributed by atoms with Gasteiger partial charge in [-0.25, -0.2) is 0 Å². The predicted octanol–water partition coefficient (Wildman–Crippen LogP) is 2.88. The third kappa shape index (κ3) is 2.21. The molecule has 0 bridgehead atoms. The first-order chi connectivity index (χ1) is 10.7. The Bertz CT molecular complexity index is 885. The minimum absolute atomic E-state index is 0.0437. The van der Waals surface area contributed by atoms with Crippen LogP contribution in [0.1, 0.15) is 5.69 Å². The van der Waals surface area contributed by atoms with E-state index in [9.17, 15) is 4.79 Å². The van der Waals surface area contributed by atoms with Gasteiger partial charge in [-0.05, 0) is 30.1 Å². The Morgan fingerprint density at radius 2 is 1.82 bits per heavy atom. The maximum absolute atomic E-state index is 12.6. The van der Waals surface area contributed by atoms with Gasteiger partial charge in [0.2, 0.25) is 0 Å². The molecule has 0 aliphatic heterocycles. The van der Waals surface area contributed by atoms with Crippen molar-refractivity contribution in [2.24, 2.45) is 7.05 Å². The molecule has 0 saturated carbocycles. The summed E-state index contributed by atoms with van der Waals surface area (Å²) < 4.78 is 6.95. The van der Waals surface area contributed by atoms with Crippen molar-refractivity contribution >= 4 is 18.6 Å². The van der Waals surface area contributed by atoms with Crippen molar-refractivity contribution in [3.05, 3.63) is 64.6 Å². The number of methoxy groups -OCH3 is 1. The van der Waals surface area contributed by atoms with E-state index >= 15 is 0 Å². The largest absolute Gasteiger partial charge is 0.497 e. The minimum Gasteiger partial charge on any atom is -0.497 e. The third-order valence-electron chi connectivity index (χ3n) is 3.98. The molecule has 0 amide bonds. The molecule has 3 nitrogen and oxygen atoms in total. The second kappa shape index (κ2) is 5.72. The monoisotopic (exact) mass is 289 g/mol. The van der Waals surface area contributed by atoms with Crippen molar-refractivity contribution in [2.45, 2.75) is 6.32 Å². The number of rotatable bonds is 3. The fraction of sp³-hybridized carbons (Fsp3) is 0.167. The van der Waals surface area contributed by atoms with Crippen LogP contribution in [-0.4, -0.2) is 19.5 Å². The van der Waals surface area contributed by atoms with Crippen molar-refractivity contribution < 1.29 is 4.74 Å². The van der Waals surface area contributed by atoms with E-state index in [0.29, 0.717) is 11.7 Å². The third-order valence-corrected chi connectivity index (χ3v) is 3.98. The zero-order valence-electron chi connectivity index (χ0n) is 12.7. The molecule has 0 aliphatic carbocycles. The maximum Gasteiger partial charge on any atom is 0.258 e. The highest BCUT2D eigenvalue weighted by molar-refractivity contribution is 6.10. The molecule has 4 heteroatoms. The Morgan fingerprint density at radius 1 is 1.09 bits per heavy atom. The summed E-state index contributed by atoms with van der Waals surface area (Å²) in [6.45, 7) is 0. The van der Waals surface area contributed by atoms with E-state index in [0.717, 1.165) is 28.0 Å². The van der Waals surface area contributed by atoms with Gasteiger partial charge in [0.05, 0.1) is 15.0 Å². The summed E-state index contributed by atoms with van der Waals surface area (Å²) in [6, 6.07) is 15.5. The Kier molecular flexibility index (Phi) is 3.76. The molecule has 1 aromatic heterocycles. The zero-order valence-corrected chi connectivity index (χ0v) is 12.7. The number of nitrogens with zero attached hydrogens (tertiary/aromatic N) is 1. The predicted molar refractivity (Wildman–Crippen MR) is 90.6 cm³/mol. The molecule has 2 radical (unpaired) electrons. The molecule has 0 N–H and O–H groups in total. The Morgan fingerprint density at radius 3 is 2.45 bits per heavy atom. The van der Waals surface area contributed by atoms with Crippen molar-refractivity contribution in [1.29, 1.82) is 0 Å². The summed E-state index contributed by atoms with van der Waals surface area (Å²) >= 11 is 0. The molecule has 2 aromatic carbocycles. The van der Waals surface area contributed by atoms with Gasteiger partial charge in [-0.3, -0.25) is 4.79 Å². The quantitative estimate of drug-likeness (QED) is 0.694. The van der Waals surface area contributed by atoms with Crippen LogP contribution in [0.2, 0.25) is 0 Å². The average molecular weight is 289 g/mol. The molecule has 0 atom stereocenters. The molecule has 0 unspecified atom stereocenters. The molecule has 0 aliphatic rings. The van der Waals surface area contributed by atoms with Gasteiger partial charge in [-0.2, -0.15) is 0 Å². The Labute approximate surface area is 130 Å². The lowest BCUT2D eigenvalue weighted by Crippen LogP contribution is -2.22. The van der Waals surface area contributed by atoms with Gasteiger partial charge in [0.1, 0.15) is 5.75 Å². The van der Waals surface area contributed by atoms with E-state index in [1.165, 1.54) is 0 Å². The maximum atomic E-state index is 12.6. The topological polar surface area (TPSA) is 31.2 Å². The van der Waals surface area contributed by atoms with Gasteiger partial charge in [0.25, 0.3) is 5.56 Å². The molecule has 108 valence electrons. The van der Waals surface area contributed by atoms with Gasteiger partial charge in [-0.15, -0.1) is 0 Å². The van der Waals surface area contributed by atoms with Crippen LogP contribution in [0.15, 0.2) is 53.3 Å². The standard InChI is InChI=1S/C18H16BNO2/c1-20-16(11-19)17(12-6-4-3-5-7-12)15-10-13(22-2)8-9-14(15)18(20)21/h3-10H,11H2,1-2H3. The van der Waals surface area contributed by atoms with Crippen LogP contribution in [0.25, 0.3) is 21.9 Å². The van der Waals surface area contributed by atoms with E-state index in [1.54, 1.807) is 24.8 Å². The van der Waals surface area contributed by atoms with E-state index in [4.69, 9.17) is 12.6 Å². The summed E-state index contributed by atoms with van der Waals surface area (Å²) in [7, 11) is 9.31. The van der Waals surface area contributed by atoms with Crippen LogP contribution in [0, 0.1) is 0 Å². The fourth-order valence-corrected chi connectivity index (χ4v) is 2.84. The molecule has 1 heterocycles. The molecule has 3 aromatic rings. The lowest BCUT2D eigenvalue weighted by atomic mass is 9.90. The van der Waals surface area contributed by atoms with Crippen LogP contribution in [0.4, 0.5) is 0 Å². The molecule has 3 rings (SSSR count). The fourth-order valence-electron chi connectivity index (χ4n) is 2.84. The van der Waals surface area contributed by atoms with Crippen molar-refractivity contribution in [1.82, 2.24) is 4.57 Å². The number of pyridine rings is 1. The van der Waals surface area contributed by atoms with E-state index < -0.39 is 0 Å². The van der Waals surface area contributed by atoms with Crippen molar-refractivity contribution in [3.63, 3.8) is 0 Å². The highest BCUT2D eigenvalue weighted by Gasteiger charge is 2.15. The van der Waals surface area contributed by atoms with Crippen LogP contribution >= 0.6 is 0 Å². The van der Waals surface area contributed by atoms with Crippen molar-refractivity contribution in [2.75, 3.05) is 7.11 Å². The second-order valence-electron chi connectivity index (χ2n) is 5.17. The van der Waals surface area contributed by atoms with Crippen LogP contribution in [0.3, 0.4) is 0 Å². The second-order valence-corrected chi connectivity index (χ2v) is 5.17. The molecule has 0 saturated heterocycles. The first kappa shape index (κ1) is 14.5. The van der Waals surface area contributed by atoms with Crippen LogP contribution < -0.4 is 10.3 Å². The van der Waals surface area contributed by atoms with Gasteiger partial charge in [0.15, 0.2) is 0 Å². The zero-order chi connectivity index (χ0) is 15.7. The normalized spacial score (nSPS) is 10.8. The van der Waals surface area contributed by atoms with Gasteiger partial charge < -0.3 is 9.30 Å². The van der Waals surface area contributed by atoms with E-state index in [2.05, 4.69) is 0 Å². The lowest BCUT2D eigenvalue weighted by molar-refractivity contribution is 0.415. The van der Waals surface area contributed by atoms with E-state index in [1.807, 2.05) is 42.5 Å². The highest BCUT2D eigenvalue weighted by Crippen LogP contribution is 2.32. The lowest BCUT2D eigenvalue weighted by Gasteiger charge is -2.17. The molecule has 0 spiro atoms. The average Bonchev–Trinajstić information content (AvgIpc) is 2.58. The number of aromatic nitrogens is 1. The number of benzene rings is 2. The van der Waals surface area contributed by atoms with Crippen LogP contribution in [0.5, 0.6) is 5.75 Å². The first-order valence-corrected chi connectivity index (χ1v) is 7.12. The van der Waals surface area contributed by atoms with Crippen LogP contribution in [-0.2, 0) is 13.4 Å². The molecular weight excluding hydrogens is 273 g/mol. The number of fused-ring (bicyclic) bond motifs is 1. The molecule has 22 heavy (non-hydrogen) atoms. The number of ether oxygens (including phenoxy) is 1.